The van der Waals surface area contributed by atoms with Crippen molar-refractivity contribution in [2.45, 2.75) is 33.0 Å². The Hall–Kier alpha value is -4.22. The first-order valence-electron chi connectivity index (χ1n) is 14.5. The number of fused-ring (bicyclic) bond motifs is 1. The van der Waals surface area contributed by atoms with E-state index in [4.69, 9.17) is 9.47 Å². The van der Waals surface area contributed by atoms with Crippen LogP contribution in [-0.4, -0.2) is 75.6 Å². The number of nitrogens with zero attached hydrogens (tertiary/aromatic N) is 5. The number of rotatable bonds is 10. The number of halogens is 1. The average Bonchev–Trinajstić information content (AvgIpc) is 3.79. The van der Waals surface area contributed by atoms with Gasteiger partial charge in [0.25, 0.3) is 11.8 Å². The van der Waals surface area contributed by atoms with Crippen molar-refractivity contribution < 1.29 is 23.5 Å². The van der Waals surface area contributed by atoms with Crippen LogP contribution < -0.4 is 9.47 Å². The maximum Gasteiger partial charge on any atom is 0.273 e. The van der Waals surface area contributed by atoms with Crippen LogP contribution in [0.1, 0.15) is 50.5 Å². The lowest BCUT2D eigenvalue weighted by molar-refractivity contribution is 0.0622. The lowest BCUT2D eigenvalue weighted by atomic mass is 10.1. The molecule has 43 heavy (non-hydrogen) atoms. The highest BCUT2D eigenvalue weighted by Crippen LogP contribution is 2.33. The average molecular weight is 604 g/mol. The second-order valence-corrected chi connectivity index (χ2v) is 11.7. The van der Waals surface area contributed by atoms with E-state index in [9.17, 15) is 14.0 Å². The fourth-order valence-corrected chi connectivity index (χ4v) is 6.23. The standard InChI is InChI=1S/C32H34FN5O4S/c1-2-11-38(31(39)25-7-3-4-8-26(25)33)19-24-6-5-12-37(24)20-30-34-27(21-43-30)32(40)36-15-13-35(14-16-36)18-23-9-10-28-29(17-23)42-22-41-28/h3-10,12,17,21H,2,11,13-16,18-20,22H2,1H3. The van der Waals surface area contributed by atoms with E-state index in [1.54, 1.807) is 17.0 Å². The van der Waals surface area contributed by atoms with Gasteiger partial charge in [-0.05, 0) is 48.4 Å². The quantitative estimate of drug-likeness (QED) is 0.257. The highest BCUT2D eigenvalue weighted by atomic mass is 32.1. The van der Waals surface area contributed by atoms with Crippen molar-refractivity contribution >= 4 is 23.2 Å². The molecule has 1 saturated heterocycles. The summed E-state index contributed by atoms with van der Waals surface area (Å²) < 4.78 is 27.3. The maximum atomic E-state index is 14.3. The van der Waals surface area contributed by atoms with Crippen LogP contribution in [0.25, 0.3) is 0 Å². The van der Waals surface area contributed by atoms with Crippen LogP contribution in [0, 0.1) is 5.82 Å². The Morgan fingerprint density at radius 1 is 1.00 bits per heavy atom. The van der Waals surface area contributed by atoms with E-state index in [0.29, 0.717) is 38.4 Å². The lowest BCUT2D eigenvalue weighted by Crippen LogP contribution is -2.48. The first kappa shape index (κ1) is 28.9. The molecule has 0 spiro atoms. The Morgan fingerprint density at radius 2 is 1.81 bits per heavy atom. The van der Waals surface area contributed by atoms with Crippen molar-refractivity contribution in [3.63, 3.8) is 0 Å². The van der Waals surface area contributed by atoms with Crippen molar-refractivity contribution in [1.29, 1.82) is 0 Å². The van der Waals surface area contributed by atoms with Gasteiger partial charge in [-0.25, -0.2) is 9.37 Å². The predicted octanol–water partition coefficient (Wildman–Crippen LogP) is 4.87. The second-order valence-electron chi connectivity index (χ2n) is 10.7. The van der Waals surface area contributed by atoms with Crippen molar-refractivity contribution in [1.82, 2.24) is 24.3 Å². The zero-order valence-electron chi connectivity index (χ0n) is 24.1. The van der Waals surface area contributed by atoms with E-state index >= 15 is 0 Å². The summed E-state index contributed by atoms with van der Waals surface area (Å²) in [6.07, 6.45) is 2.70. The van der Waals surface area contributed by atoms with E-state index in [2.05, 4.69) is 16.0 Å². The number of carbonyl (C=O) groups is 2. The molecule has 2 aromatic carbocycles. The molecule has 11 heteroatoms. The van der Waals surface area contributed by atoms with Gasteiger partial charge in [-0.1, -0.05) is 25.1 Å². The number of benzene rings is 2. The summed E-state index contributed by atoms with van der Waals surface area (Å²) >= 11 is 1.45. The third-order valence-corrected chi connectivity index (χ3v) is 8.57. The fourth-order valence-electron chi connectivity index (χ4n) is 5.47. The number of carbonyl (C=O) groups excluding carboxylic acids is 2. The zero-order chi connectivity index (χ0) is 29.8. The summed E-state index contributed by atoms with van der Waals surface area (Å²) in [5.41, 5.74) is 2.61. The summed E-state index contributed by atoms with van der Waals surface area (Å²) in [6, 6.07) is 16.0. The van der Waals surface area contributed by atoms with Crippen LogP contribution in [-0.2, 0) is 19.6 Å². The molecule has 0 radical (unpaired) electrons. The molecule has 0 bridgehead atoms. The summed E-state index contributed by atoms with van der Waals surface area (Å²) in [6.45, 7) is 7.24. The normalized spacial score (nSPS) is 14.7. The molecule has 2 aliphatic heterocycles. The van der Waals surface area contributed by atoms with Crippen LogP contribution in [0.5, 0.6) is 11.5 Å². The van der Waals surface area contributed by atoms with Gasteiger partial charge in [0, 0.05) is 56.5 Å². The molecule has 224 valence electrons. The maximum absolute atomic E-state index is 14.3. The highest BCUT2D eigenvalue weighted by Gasteiger charge is 2.25. The van der Waals surface area contributed by atoms with Gasteiger partial charge < -0.3 is 23.8 Å². The van der Waals surface area contributed by atoms with Gasteiger partial charge >= 0.3 is 0 Å². The van der Waals surface area contributed by atoms with E-state index in [-0.39, 0.29) is 24.2 Å². The monoisotopic (exact) mass is 603 g/mol. The van der Waals surface area contributed by atoms with Crippen molar-refractivity contribution in [2.24, 2.45) is 0 Å². The molecule has 2 aliphatic rings. The Bertz CT molecular complexity index is 1600. The Balaban J connectivity index is 1.04. The van der Waals surface area contributed by atoms with Gasteiger partial charge in [0.2, 0.25) is 6.79 Å². The Morgan fingerprint density at radius 3 is 2.63 bits per heavy atom. The first-order valence-corrected chi connectivity index (χ1v) is 15.4. The number of piperazine rings is 1. The fraction of sp³-hybridized carbons (Fsp3) is 0.344. The van der Waals surface area contributed by atoms with Gasteiger partial charge in [0.15, 0.2) is 11.5 Å². The third-order valence-electron chi connectivity index (χ3n) is 7.74. The lowest BCUT2D eigenvalue weighted by Gasteiger charge is -2.34. The highest BCUT2D eigenvalue weighted by molar-refractivity contribution is 7.09. The predicted molar refractivity (Wildman–Crippen MR) is 161 cm³/mol. The molecule has 2 aromatic heterocycles. The van der Waals surface area contributed by atoms with Crippen LogP contribution in [0.2, 0.25) is 0 Å². The summed E-state index contributed by atoms with van der Waals surface area (Å²) in [5, 5.41) is 2.63. The smallest absolute Gasteiger partial charge is 0.273 e. The first-order chi connectivity index (χ1) is 21.0. The van der Waals surface area contributed by atoms with Crippen LogP contribution in [0.3, 0.4) is 0 Å². The van der Waals surface area contributed by atoms with E-state index in [1.807, 2.05) is 52.2 Å². The molecule has 2 amide bonds. The minimum Gasteiger partial charge on any atom is -0.454 e. The minimum atomic E-state index is -0.518. The molecule has 4 heterocycles. The molecule has 0 atom stereocenters. The zero-order valence-corrected chi connectivity index (χ0v) is 24.9. The molecule has 0 N–H and O–H groups in total. The van der Waals surface area contributed by atoms with E-state index in [0.717, 1.165) is 53.8 Å². The summed E-state index contributed by atoms with van der Waals surface area (Å²) in [7, 11) is 0. The van der Waals surface area contributed by atoms with Crippen LogP contribution in [0.15, 0.2) is 66.2 Å². The number of thiazole rings is 1. The molecule has 0 aliphatic carbocycles. The third kappa shape index (κ3) is 6.57. The van der Waals surface area contributed by atoms with Crippen molar-refractivity contribution in [3.8, 4) is 11.5 Å². The Kier molecular flexibility index (Phi) is 8.71. The molecule has 0 unspecified atom stereocenters. The molecule has 6 rings (SSSR count). The van der Waals surface area contributed by atoms with Gasteiger partial charge in [-0.15, -0.1) is 11.3 Å². The molecule has 0 saturated carbocycles. The molecular formula is C32H34FN5O4S. The largest absolute Gasteiger partial charge is 0.454 e. The van der Waals surface area contributed by atoms with Gasteiger partial charge in [-0.3, -0.25) is 14.5 Å². The molecule has 1 fully saturated rings. The molecular weight excluding hydrogens is 569 g/mol. The van der Waals surface area contributed by atoms with Crippen molar-refractivity contribution in [2.75, 3.05) is 39.5 Å². The number of ether oxygens (including phenoxy) is 2. The summed E-state index contributed by atoms with van der Waals surface area (Å²) in [5.74, 6) is 0.665. The number of aromatic nitrogens is 2. The minimum absolute atomic E-state index is 0.0532. The summed E-state index contributed by atoms with van der Waals surface area (Å²) in [4.78, 5) is 37.0. The van der Waals surface area contributed by atoms with Crippen LogP contribution in [0.4, 0.5) is 4.39 Å². The molecule has 4 aromatic rings. The SMILES string of the molecule is CCCN(Cc1cccn1Cc1nc(C(=O)N2CCN(Cc3ccc4c(c3)OCO4)CC2)cs1)C(=O)c1ccccc1F. The Labute approximate surface area is 254 Å². The topological polar surface area (TPSA) is 80.1 Å². The number of hydrogen-bond donors (Lipinski definition) is 0. The second kappa shape index (κ2) is 13.0. The van der Waals surface area contributed by atoms with Gasteiger partial charge in [0.05, 0.1) is 18.7 Å². The number of amides is 2. The van der Waals surface area contributed by atoms with Crippen LogP contribution >= 0.6 is 11.3 Å². The van der Waals surface area contributed by atoms with E-state index < -0.39 is 5.82 Å². The van der Waals surface area contributed by atoms with Crippen molar-refractivity contribution in [3.05, 3.63) is 99.5 Å². The van der Waals surface area contributed by atoms with Gasteiger partial charge in [-0.2, -0.15) is 0 Å². The molecule has 9 nitrogen and oxygen atoms in total. The van der Waals surface area contributed by atoms with E-state index in [1.165, 1.54) is 23.5 Å². The van der Waals surface area contributed by atoms with Gasteiger partial charge in [0.1, 0.15) is 16.5 Å². The number of hydrogen-bond acceptors (Lipinski definition) is 7.